The smallest absolute Gasteiger partial charge is 0.207 e. The average molecular weight is 307 g/mol. The van der Waals surface area contributed by atoms with Gasteiger partial charge in [-0.3, -0.25) is 9.48 Å². The molecule has 0 aliphatic rings. The van der Waals surface area contributed by atoms with Gasteiger partial charge in [0.2, 0.25) is 6.41 Å². The molecule has 4 nitrogen and oxygen atoms in total. The van der Waals surface area contributed by atoms with Crippen LogP contribution in [0, 0.1) is 0 Å². The fourth-order valence-electron chi connectivity index (χ4n) is 2.31. The fraction of sp³-hybridized carbons (Fsp3) is 0.158. The number of para-hydroxylation sites is 1. The van der Waals surface area contributed by atoms with E-state index in [0.29, 0.717) is 13.0 Å². The topological polar surface area (TPSA) is 46.9 Å². The highest BCUT2D eigenvalue weighted by Crippen LogP contribution is 2.27. The zero-order chi connectivity index (χ0) is 16.5. The molecule has 0 saturated carbocycles. The van der Waals surface area contributed by atoms with Gasteiger partial charge >= 0.3 is 0 Å². The zero-order valence-electron chi connectivity index (χ0n) is 13.3. The van der Waals surface area contributed by atoms with Gasteiger partial charge in [-0.25, -0.2) is 0 Å². The molecule has 0 spiro atoms. The second kappa shape index (κ2) is 8.54. The van der Waals surface area contributed by atoms with E-state index < -0.39 is 0 Å². The third-order valence-corrected chi connectivity index (χ3v) is 3.35. The molecule has 0 aliphatic carbocycles. The Morgan fingerprint density at radius 2 is 1.83 bits per heavy atom. The molecule has 0 bridgehead atoms. The Balaban J connectivity index is 0.000000277. The van der Waals surface area contributed by atoms with Crippen molar-refractivity contribution in [1.29, 1.82) is 0 Å². The van der Waals surface area contributed by atoms with Crippen LogP contribution in [0.15, 0.2) is 67.3 Å². The Morgan fingerprint density at radius 3 is 2.43 bits per heavy atom. The number of hydrogen-bond donors (Lipinski definition) is 1. The van der Waals surface area contributed by atoms with Crippen molar-refractivity contribution in [1.82, 2.24) is 15.1 Å². The first kappa shape index (κ1) is 16.5. The number of fused-ring (bicyclic) bond motifs is 1. The van der Waals surface area contributed by atoms with Crippen LogP contribution in [0.1, 0.15) is 6.92 Å². The Morgan fingerprint density at radius 1 is 1.13 bits per heavy atom. The predicted molar refractivity (Wildman–Crippen MR) is 95.1 cm³/mol. The Labute approximate surface area is 136 Å². The lowest BCUT2D eigenvalue weighted by Gasteiger charge is -1.96. The molecule has 1 amide bonds. The van der Waals surface area contributed by atoms with E-state index in [0.717, 1.165) is 12.2 Å². The summed E-state index contributed by atoms with van der Waals surface area (Å²) in [7, 11) is 0. The van der Waals surface area contributed by atoms with Crippen molar-refractivity contribution in [2.24, 2.45) is 0 Å². The van der Waals surface area contributed by atoms with E-state index in [-0.39, 0.29) is 0 Å². The van der Waals surface area contributed by atoms with Crippen LogP contribution in [0.25, 0.3) is 22.2 Å². The Bertz CT molecular complexity index is 755. The summed E-state index contributed by atoms with van der Waals surface area (Å²) >= 11 is 0. The van der Waals surface area contributed by atoms with E-state index in [1.807, 2.05) is 6.07 Å². The summed E-state index contributed by atoms with van der Waals surface area (Å²) in [5, 5.41) is 8.32. The molecule has 0 saturated heterocycles. The van der Waals surface area contributed by atoms with Crippen LogP contribution >= 0.6 is 0 Å². The van der Waals surface area contributed by atoms with Gasteiger partial charge in [-0.1, -0.05) is 54.6 Å². The number of hydrogen-bond acceptors (Lipinski definition) is 2. The van der Waals surface area contributed by atoms with E-state index in [4.69, 9.17) is 5.10 Å². The molecule has 0 atom stereocenters. The summed E-state index contributed by atoms with van der Waals surface area (Å²) in [6.45, 7) is 6.95. The number of carbonyl (C=O) groups excluding carboxylic acids is 1. The molecule has 1 heterocycles. The van der Waals surface area contributed by atoms with Gasteiger partial charge in [0.15, 0.2) is 0 Å². The maximum Gasteiger partial charge on any atom is 0.207 e. The van der Waals surface area contributed by atoms with Crippen molar-refractivity contribution in [3.63, 3.8) is 0 Å². The number of carbonyl (C=O) groups is 1. The number of nitrogens with one attached hydrogen (secondary N) is 1. The molecule has 118 valence electrons. The van der Waals surface area contributed by atoms with E-state index in [1.54, 1.807) is 6.08 Å². The Hall–Kier alpha value is -2.88. The molecule has 23 heavy (non-hydrogen) atoms. The molecular formula is C19H21N3O. The van der Waals surface area contributed by atoms with Gasteiger partial charge < -0.3 is 5.32 Å². The van der Waals surface area contributed by atoms with Gasteiger partial charge in [0, 0.05) is 24.0 Å². The van der Waals surface area contributed by atoms with Crippen LogP contribution in [0.2, 0.25) is 0 Å². The zero-order valence-corrected chi connectivity index (χ0v) is 13.3. The summed E-state index contributed by atoms with van der Waals surface area (Å²) in [5.41, 5.74) is 3.45. The highest BCUT2D eigenvalue weighted by atomic mass is 16.1. The maximum absolute atomic E-state index is 9.40. The number of aryl methyl sites for hydroxylation is 1. The maximum atomic E-state index is 9.40. The van der Waals surface area contributed by atoms with E-state index in [1.165, 1.54) is 16.5 Å². The van der Waals surface area contributed by atoms with Crippen molar-refractivity contribution < 1.29 is 4.79 Å². The van der Waals surface area contributed by atoms with Crippen LogP contribution in [0.3, 0.4) is 0 Å². The molecule has 0 unspecified atom stereocenters. The lowest BCUT2D eigenvalue weighted by Crippen LogP contribution is -2.08. The highest BCUT2D eigenvalue weighted by Gasteiger charge is 2.09. The lowest BCUT2D eigenvalue weighted by atomic mass is 10.1. The first-order chi connectivity index (χ1) is 11.3. The lowest BCUT2D eigenvalue weighted by molar-refractivity contribution is -0.109. The standard InChI is InChI=1S/C15H14N2.C4H7NO/c1-2-17-14-11-7-6-10-13(14)15(16-17)12-8-4-3-5-9-12;1-2-3-5-4-6/h3-11H,2H2,1H3;2,4H,1,3H2,(H,5,6). The minimum absolute atomic E-state index is 0.559. The van der Waals surface area contributed by atoms with Gasteiger partial charge in [0.25, 0.3) is 0 Å². The summed E-state index contributed by atoms with van der Waals surface area (Å²) in [6.07, 6.45) is 2.26. The predicted octanol–water partition coefficient (Wildman–Crippen LogP) is 3.64. The SMILES string of the molecule is C=CCNC=O.CCn1nc(-c2ccccc2)c2ccccc21. The number of amides is 1. The third-order valence-electron chi connectivity index (χ3n) is 3.35. The normalized spacial score (nSPS) is 9.78. The minimum atomic E-state index is 0.559. The first-order valence-electron chi connectivity index (χ1n) is 7.60. The molecular weight excluding hydrogens is 286 g/mol. The largest absolute Gasteiger partial charge is 0.355 e. The monoisotopic (exact) mass is 307 g/mol. The van der Waals surface area contributed by atoms with Gasteiger partial charge in [-0.05, 0) is 13.0 Å². The first-order valence-corrected chi connectivity index (χ1v) is 7.60. The van der Waals surface area contributed by atoms with Gasteiger partial charge in [0.05, 0.1) is 5.52 Å². The molecule has 4 heteroatoms. The quantitative estimate of drug-likeness (QED) is 0.444. The molecule has 1 aromatic heterocycles. The summed E-state index contributed by atoms with van der Waals surface area (Å²) < 4.78 is 2.05. The van der Waals surface area contributed by atoms with Crippen LogP contribution in [-0.2, 0) is 11.3 Å². The molecule has 3 aromatic rings. The van der Waals surface area contributed by atoms with E-state index in [2.05, 4.69) is 72.0 Å². The third kappa shape index (κ3) is 4.07. The van der Waals surface area contributed by atoms with Crippen LogP contribution in [0.5, 0.6) is 0 Å². The summed E-state index contributed by atoms with van der Waals surface area (Å²) in [5.74, 6) is 0. The second-order valence-corrected chi connectivity index (χ2v) is 4.86. The summed E-state index contributed by atoms with van der Waals surface area (Å²) in [6, 6.07) is 18.7. The second-order valence-electron chi connectivity index (χ2n) is 4.86. The van der Waals surface area contributed by atoms with Crippen molar-refractivity contribution in [3.8, 4) is 11.3 Å². The van der Waals surface area contributed by atoms with Gasteiger partial charge in [0.1, 0.15) is 5.69 Å². The Kier molecular flexibility index (Phi) is 6.12. The highest BCUT2D eigenvalue weighted by molar-refractivity contribution is 5.93. The van der Waals surface area contributed by atoms with Gasteiger partial charge in [-0.15, -0.1) is 6.58 Å². The van der Waals surface area contributed by atoms with Crippen molar-refractivity contribution in [3.05, 3.63) is 67.3 Å². The average Bonchev–Trinajstić information content (AvgIpc) is 3.00. The molecule has 0 aliphatic heterocycles. The van der Waals surface area contributed by atoms with Crippen LogP contribution in [-0.4, -0.2) is 22.7 Å². The van der Waals surface area contributed by atoms with Crippen molar-refractivity contribution >= 4 is 17.3 Å². The fourth-order valence-corrected chi connectivity index (χ4v) is 2.31. The number of rotatable bonds is 5. The van der Waals surface area contributed by atoms with Crippen molar-refractivity contribution in [2.75, 3.05) is 6.54 Å². The summed E-state index contributed by atoms with van der Waals surface area (Å²) in [4.78, 5) is 9.40. The number of benzene rings is 2. The van der Waals surface area contributed by atoms with E-state index >= 15 is 0 Å². The molecule has 0 radical (unpaired) electrons. The van der Waals surface area contributed by atoms with Crippen molar-refractivity contribution in [2.45, 2.75) is 13.5 Å². The number of aromatic nitrogens is 2. The van der Waals surface area contributed by atoms with E-state index in [9.17, 15) is 4.79 Å². The molecule has 2 aromatic carbocycles. The molecule has 3 rings (SSSR count). The number of nitrogens with zero attached hydrogens (tertiary/aromatic N) is 2. The molecule has 1 N–H and O–H groups in total. The van der Waals surface area contributed by atoms with Crippen LogP contribution in [0.4, 0.5) is 0 Å². The van der Waals surface area contributed by atoms with Crippen LogP contribution < -0.4 is 5.32 Å². The van der Waals surface area contributed by atoms with Gasteiger partial charge in [-0.2, -0.15) is 5.10 Å². The molecule has 0 fully saturated rings. The minimum Gasteiger partial charge on any atom is -0.355 e.